The number of nitrogens with zero attached hydrogens (tertiary/aromatic N) is 1. The molecule has 0 radical (unpaired) electrons. The van der Waals surface area contributed by atoms with E-state index in [-0.39, 0.29) is 24.1 Å². The summed E-state index contributed by atoms with van der Waals surface area (Å²) in [6.45, 7) is 9.13. The molecule has 222 valence electrons. The Balaban J connectivity index is 1.58. The molecular weight excluding hydrogens is 533 g/mol. The molecular formula is C34H46NO5P. The van der Waals surface area contributed by atoms with E-state index in [2.05, 4.69) is 66.4 Å². The van der Waals surface area contributed by atoms with Crippen LogP contribution >= 0.6 is 7.60 Å². The Morgan fingerprint density at radius 2 is 1.39 bits per heavy atom. The fraction of sp³-hybridized carbons (Fsp3) is 0.471. The number of ether oxygens (including phenoxy) is 2. The van der Waals surface area contributed by atoms with Crippen LogP contribution in [0.1, 0.15) is 56.3 Å². The van der Waals surface area contributed by atoms with Gasteiger partial charge in [-0.1, -0.05) is 91.0 Å². The van der Waals surface area contributed by atoms with Gasteiger partial charge in [-0.05, 0) is 62.8 Å². The topological polar surface area (TPSA) is 57.2 Å². The van der Waals surface area contributed by atoms with Gasteiger partial charge >= 0.3 is 7.60 Å². The van der Waals surface area contributed by atoms with Gasteiger partial charge < -0.3 is 18.5 Å². The summed E-state index contributed by atoms with van der Waals surface area (Å²) in [6.07, 6.45) is 2.00. The average molecular weight is 580 g/mol. The third-order valence-electron chi connectivity index (χ3n) is 7.84. The third kappa shape index (κ3) is 9.61. The highest BCUT2D eigenvalue weighted by atomic mass is 31.2. The van der Waals surface area contributed by atoms with Crippen molar-refractivity contribution in [3.8, 4) is 0 Å². The van der Waals surface area contributed by atoms with Gasteiger partial charge in [-0.2, -0.15) is 0 Å². The molecule has 3 aromatic rings. The molecule has 4 atom stereocenters. The summed E-state index contributed by atoms with van der Waals surface area (Å²) < 4.78 is 37.9. The van der Waals surface area contributed by atoms with E-state index in [0.717, 1.165) is 30.5 Å². The highest BCUT2D eigenvalue weighted by Gasteiger charge is 2.40. The van der Waals surface area contributed by atoms with Crippen molar-refractivity contribution in [1.29, 1.82) is 0 Å². The van der Waals surface area contributed by atoms with Crippen LogP contribution in [-0.2, 0) is 36.3 Å². The lowest BCUT2D eigenvalue weighted by Crippen LogP contribution is -2.52. The summed E-state index contributed by atoms with van der Waals surface area (Å²) in [5, 5.41) is 0. The predicted molar refractivity (Wildman–Crippen MR) is 165 cm³/mol. The van der Waals surface area contributed by atoms with Crippen molar-refractivity contribution in [2.45, 2.75) is 65.0 Å². The van der Waals surface area contributed by atoms with E-state index >= 15 is 0 Å². The van der Waals surface area contributed by atoms with Crippen molar-refractivity contribution in [2.24, 2.45) is 5.92 Å². The highest BCUT2D eigenvalue weighted by Crippen LogP contribution is 2.51. The minimum atomic E-state index is -3.16. The van der Waals surface area contributed by atoms with Gasteiger partial charge in [0.25, 0.3) is 0 Å². The number of benzene rings is 3. The lowest BCUT2D eigenvalue weighted by atomic mass is 9.87. The van der Waals surface area contributed by atoms with E-state index in [4.69, 9.17) is 18.5 Å². The molecule has 6 nitrogen and oxygen atoms in total. The number of piperidine rings is 1. The summed E-state index contributed by atoms with van der Waals surface area (Å²) in [5.41, 5.74) is 3.55. The van der Waals surface area contributed by atoms with Crippen LogP contribution < -0.4 is 0 Å². The molecule has 0 unspecified atom stereocenters. The lowest BCUT2D eigenvalue weighted by molar-refractivity contribution is -0.0943. The highest BCUT2D eigenvalue weighted by molar-refractivity contribution is 7.53. The third-order valence-corrected chi connectivity index (χ3v) is 10.1. The van der Waals surface area contributed by atoms with Crippen LogP contribution in [0.15, 0.2) is 91.0 Å². The number of hydrogen-bond donors (Lipinski definition) is 0. The Morgan fingerprint density at radius 3 is 1.98 bits per heavy atom. The second-order valence-corrected chi connectivity index (χ2v) is 12.9. The molecule has 1 fully saturated rings. The van der Waals surface area contributed by atoms with E-state index in [1.165, 1.54) is 5.56 Å². The quantitative estimate of drug-likeness (QED) is 0.161. The molecule has 0 amide bonds. The van der Waals surface area contributed by atoms with Crippen LogP contribution in [0.2, 0.25) is 0 Å². The maximum atomic E-state index is 13.5. The Morgan fingerprint density at radius 1 is 0.829 bits per heavy atom. The summed E-state index contributed by atoms with van der Waals surface area (Å²) >= 11 is 0. The van der Waals surface area contributed by atoms with Gasteiger partial charge in [0, 0.05) is 12.1 Å². The zero-order valence-electron chi connectivity index (χ0n) is 24.8. The molecule has 1 aliphatic rings. The maximum Gasteiger partial charge on any atom is 0.330 e. The van der Waals surface area contributed by atoms with Crippen LogP contribution in [0.3, 0.4) is 0 Å². The molecule has 0 bridgehead atoms. The second-order valence-electron chi connectivity index (χ2n) is 10.7. The first kappa shape index (κ1) is 31.6. The smallest absolute Gasteiger partial charge is 0.330 e. The van der Waals surface area contributed by atoms with Crippen molar-refractivity contribution in [2.75, 3.05) is 32.5 Å². The maximum absolute atomic E-state index is 13.5. The Labute approximate surface area is 246 Å². The van der Waals surface area contributed by atoms with E-state index < -0.39 is 7.60 Å². The molecule has 7 heteroatoms. The van der Waals surface area contributed by atoms with Crippen LogP contribution in [0.25, 0.3) is 0 Å². The molecule has 0 spiro atoms. The van der Waals surface area contributed by atoms with Crippen molar-refractivity contribution >= 4 is 7.60 Å². The van der Waals surface area contributed by atoms with Crippen molar-refractivity contribution in [3.63, 3.8) is 0 Å². The van der Waals surface area contributed by atoms with Crippen LogP contribution in [0, 0.1) is 5.92 Å². The molecule has 0 aromatic heterocycles. The molecule has 0 aliphatic carbocycles. The summed E-state index contributed by atoms with van der Waals surface area (Å²) in [5.74, 6) is 0.195. The van der Waals surface area contributed by atoms with E-state index in [0.29, 0.717) is 39.2 Å². The minimum absolute atomic E-state index is 0.0696. The van der Waals surface area contributed by atoms with Gasteiger partial charge in [0.15, 0.2) is 0 Å². The number of hydrogen-bond acceptors (Lipinski definition) is 6. The van der Waals surface area contributed by atoms with Crippen molar-refractivity contribution < 1.29 is 23.1 Å². The Bertz CT molecular complexity index is 1170. The molecule has 3 aromatic carbocycles. The SMILES string of the molecule is CCOP(=O)(C[C@@H]1CCN([C@@H](C)c2ccccc2)[C@@H]([C@@H](COCc2ccccc2)OCc2ccccc2)C1)OCC. The Hall–Kier alpha value is -2.31. The molecule has 0 N–H and O–H groups in total. The summed E-state index contributed by atoms with van der Waals surface area (Å²) in [4.78, 5) is 2.56. The fourth-order valence-electron chi connectivity index (χ4n) is 5.79. The summed E-state index contributed by atoms with van der Waals surface area (Å²) in [7, 11) is -3.16. The van der Waals surface area contributed by atoms with Crippen molar-refractivity contribution in [3.05, 3.63) is 108 Å². The predicted octanol–water partition coefficient (Wildman–Crippen LogP) is 7.90. The van der Waals surface area contributed by atoms with Gasteiger partial charge in [-0.15, -0.1) is 0 Å². The first-order valence-electron chi connectivity index (χ1n) is 15.0. The molecule has 1 heterocycles. The zero-order chi connectivity index (χ0) is 28.9. The fourth-order valence-corrected chi connectivity index (χ4v) is 7.83. The molecule has 4 rings (SSSR count). The number of likely N-dealkylation sites (tertiary alicyclic amines) is 1. The Kier molecular flexibility index (Phi) is 12.6. The normalized spacial score (nSPS) is 19.6. The second kappa shape index (κ2) is 16.4. The van der Waals surface area contributed by atoms with E-state index in [9.17, 15) is 4.57 Å². The largest absolute Gasteiger partial charge is 0.374 e. The van der Waals surface area contributed by atoms with Gasteiger partial charge in [0.2, 0.25) is 0 Å². The lowest BCUT2D eigenvalue weighted by Gasteiger charge is -2.46. The van der Waals surface area contributed by atoms with Gasteiger partial charge in [-0.25, -0.2) is 0 Å². The average Bonchev–Trinajstić information content (AvgIpc) is 3.00. The van der Waals surface area contributed by atoms with E-state index in [1.807, 2.05) is 50.2 Å². The van der Waals surface area contributed by atoms with Crippen LogP contribution in [0.5, 0.6) is 0 Å². The summed E-state index contributed by atoms with van der Waals surface area (Å²) in [6, 6.07) is 31.4. The van der Waals surface area contributed by atoms with Gasteiger partial charge in [-0.3, -0.25) is 9.46 Å². The van der Waals surface area contributed by atoms with E-state index in [1.54, 1.807) is 0 Å². The monoisotopic (exact) mass is 579 g/mol. The first-order chi connectivity index (χ1) is 20.0. The molecule has 41 heavy (non-hydrogen) atoms. The molecule has 1 aliphatic heterocycles. The molecule has 1 saturated heterocycles. The van der Waals surface area contributed by atoms with Crippen LogP contribution in [0.4, 0.5) is 0 Å². The zero-order valence-corrected chi connectivity index (χ0v) is 25.7. The van der Waals surface area contributed by atoms with Crippen LogP contribution in [-0.4, -0.2) is 49.6 Å². The van der Waals surface area contributed by atoms with Gasteiger partial charge in [0.1, 0.15) is 0 Å². The van der Waals surface area contributed by atoms with Gasteiger partial charge in [0.05, 0.1) is 45.3 Å². The minimum Gasteiger partial charge on any atom is -0.374 e. The first-order valence-corrected chi connectivity index (χ1v) is 16.7. The molecule has 0 saturated carbocycles. The van der Waals surface area contributed by atoms with Crippen molar-refractivity contribution in [1.82, 2.24) is 4.90 Å². The standard InChI is InChI=1S/C34H46NO5P/c1-4-39-41(36,40-5-2)27-31-21-22-35(28(3)32-19-13-8-14-20-32)33(23-31)34(38-25-30-17-11-7-12-18-30)26-37-24-29-15-9-6-10-16-29/h6-20,28,31,33-34H,4-5,21-27H2,1-3H3/t28-,31+,33+,34+/m0/s1. The number of rotatable bonds is 16.